The van der Waals surface area contributed by atoms with Gasteiger partial charge in [0.1, 0.15) is 0 Å². The van der Waals surface area contributed by atoms with Gasteiger partial charge in [-0.1, -0.05) is 53.6 Å². The summed E-state index contributed by atoms with van der Waals surface area (Å²) in [6.07, 6.45) is 0.912. The van der Waals surface area contributed by atoms with Gasteiger partial charge in [-0.15, -0.1) is 0 Å². The smallest absolute Gasteiger partial charge is 0.174 e. The first-order chi connectivity index (χ1) is 13.7. The number of rotatable bonds is 6. The zero-order valence-corrected chi connectivity index (χ0v) is 16.4. The van der Waals surface area contributed by atoms with E-state index >= 15 is 0 Å². The average molecular weight is 389 g/mol. The minimum atomic E-state index is 0.699. The van der Waals surface area contributed by atoms with Crippen LogP contribution in [0.5, 0.6) is 0 Å². The molecule has 0 bridgehead atoms. The minimum Gasteiger partial charge on any atom is -0.367 e. The van der Waals surface area contributed by atoms with Crippen LogP contribution in [-0.4, -0.2) is 16.5 Å². The van der Waals surface area contributed by atoms with Gasteiger partial charge >= 0.3 is 0 Å². The minimum absolute atomic E-state index is 0.699. The van der Waals surface area contributed by atoms with Crippen molar-refractivity contribution in [2.24, 2.45) is 0 Å². The molecule has 3 aromatic carbocycles. The van der Waals surface area contributed by atoms with Gasteiger partial charge in [0.2, 0.25) is 0 Å². The van der Waals surface area contributed by atoms with E-state index in [-0.39, 0.29) is 0 Å². The maximum Gasteiger partial charge on any atom is 0.174 e. The molecule has 0 radical (unpaired) electrons. The Morgan fingerprint density at radius 1 is 0.786 bits per heavy atom. The molecular formula is C23H21ClN4. The summed E-state index contributed by atoms with van der Waals surface area (Å²) in [4.78, 5) is 9.53. The first kappa shape index (κ1) is 18.3. The number of para-hydroxylation sites is 2. The molecule has 0 fully saturated rings. The molecule has 0 saturated carbocycles. The molecule has 0 aliphatic carbocycles. The van der Waals surface area contributed by atoms with Crippen molar-refractivity contribution in [3.8, 4) is 0 Å². The number of anilines is 3. The maximum atomic E-state index is 5.99. The first-order valence-electron chi connectivity index (χ1n) is 9.26. The number of hydrogen-bond donors (Lipinski definition) is 2. The molecule has 0 unspecified atom stereocenters. The van der Waals surface area contributed by atoms with Crippen LogP contribution in [0.2, 0.25) is 5.02 Å². The molecule has 140 valence electrons. The number of halogens is 1. The zero-order valence-electron chi connectivity index (χ0n) is 15.6. The third-order valence-corrected chi connectivity index (χ3v) is 4.76. The summed E-state index contributed by atoms with van der Waals surface area (Å²) in [6.45, 7) is 2.87. The molecule has 4 aromatic rings. The van der Waals surface area contributed by atoms with Crippen LogP contribution in [0.4, 0.5) is 17.3 Å². The lowest BCUT2D eigenvalue weighted by atomic mass is 10.1. The van der Waals surface area contributed by atoms with E-state index in [1.807, 2.05) is 48.5 Å². The van der Waals surface area contributed by atoms with E-state index in [1.165, 1.54) is 11.1 Å². The van der Waals surface area contributed by atoms with Crippen LogP contribution in [0.3, 0.4) is 0 Å². The Hall–Kier alpha value is -3.11. The van der Waals surface area contributed by atoms with E-state index in [2.05, 4.69) is 41.8 Å². The van der Waals surface area contributed by atoms with E-state index in [0.29, 0.717) is 10.8 Å². The Morgan fingerprint density at radius 2 is 1.43 bits per heavy atom. The molecule has 0 aliphatic rings. The van der Waals surface area contributed by atoms with E-state index in [4.69, 9.17) is 21.6 Å². The van der Waals surface area contributed by atoms with Crippen LogP contribution in [0.15, 0.2) is 72.8 Å². The van der Waals surface area contributed by atoms with Gasteiger partial charge in [0.25, 0.3) is 0 Å². The molecule has 2 N–H and O–H groups in total. The van der Waals surface area contributed by atoms with Crippen molar-refractivity contribution in [2.75, 3.05) is 17.2 Å². The monoisotopic (exact) mass is 388 g/mol. The molecule has 4 rings (SSSR count). The SMILES string of the molecule is Cc1ccc(CCNc2nc3ccccc3nc2Nc2ccc(Cl)cc2)cc1. The number of aromatic nitrogens is 2. The molecule has 4 nitrogen and oxygen atoms in total. The largest absolute Gasteiger partial charge is 0.367 e. The van der Waals surface area contributed by atoms with Crippen molar-refractivity contribution >= 4 is 40.0 Å². The highest BCUT2D eigenvalue weighted by Crippen LogP contribution is 2.25. The summed E-state index contributed by atoms with van der Waals surface area (Å²) in [7, 11) is 0. The fraction of sp³-hybridized carbons (Fsp3) is 0.130. The third-order valence-electron chi connectivity index (χ3n) is 4.50. The van der Waals surface area contributed by atoms with E-state index in [1.54, 1.807) is 0 Å². The highest BCUT2D eigenvalue weighted by atomic mass is 35.5. The summed E-state index contributed by atoms with van der Waals surface area (Å²) >= 11 is 5.99. The lowest BCUT2D eigenvalue weighted by Crippen LogP contribution is -2.10. The van der Waals surface area contributed by atoms with Gasteiger partial charge in [-0.2, -0.15) is 0 Å². The van der Waals surface area contributed by atoms with Crippen molar-refractivity contribution in [2.45, 2.75) is 13.3 Å². The van der Waals surface area contributed by atoms with Crippen molar-refractivity contribution in [3.63, 3.8) is 0 Å². The van der Waals surface area contributed by atoms with E-state index in [0.717, 1.165) is 35.5 Å². The van der Waals surface area contributed by atoms with Gasteiger partial charge in [0.15, 0.2) is 11.6 Å². The van der Waals surface area contributed by atoms with Crippen LogP contribution in [-0.2, 0) is 6.42 Å². The second-order valence-corrected chi connectivity index (χ2v) is 7.14. The van der Waals surface area contributed by atoms with Gasteiger partial charge < -0.3 is 10.6 Å². The molecule has 0 aliphatic heterocycles. The standard InChI is InChI=1S/C23H21ClN4/c1-16-6-8-17(9-7-16)14-15-25-22-23(26-19-12-10-18(24)11-13-19)28-21-5-3-2-4-20(21)27-22/h2-13H,14-15H2,1H3,(H,25,27)(H,26,28). The molecule has 1 heterocycles. The second kappa shape index (κ2) is 8.28. The number of aryl methyl sites for hydroxylation is 1. The molecule has 0 atom stereocenters. The number of nitrogens with one attached hydrogen (secondary N) is 2. The van der Waals surface area contributed by atoms with Gasteiger partial charge in [0.05, 0.1) is 11.0 Å². The maximum absolute atomic E-state index is 5.99. The Bertz CT molecular complexity index is 1080. The Morgan fingerprint density at radius 3 is 2.11 bits per heavy atom. The predicted molar refractivity (Wildman–Crippen MR) is 118 cm³/mol. The third kappa shape index (κ3) is 4.41. The van der Waals surface area contributed by atoms with E-state index < -0.39 is 0 Å². The molecule has 1 aromatic heterocycles. The Labute approximate surface area is 169 Å². The predicted octanol–water partition coefficient (Wildman–Crippen LogP) is 5.99. The second-order valence-electron chi connectivity index (χ2n) is 6.70. The van der Waals surface area contributed by atoms with Crippen LogP contribution in [0, 0.1) is 6.92 Å². The Kier molecular flexibility index (Phi) is 5.40. The highest BCUT2D eigenvalue weighted by molar-refractivity contribution is 6.30. The zero-order chi connectivity index (χ0) is 19.3. The van der Waals surface area contributed by atoms with Crippen LogP contribution >= 0.6 is 11.6 Å². The van der Waals surface area contributed by atoms with Gasteiger partial charge in [-0.3, -0.25) is 0 Å². The molecule has 5 heteroatoms. The Balaban J connectivity index is 1.57. The fourth-order valence-electron chi connectivity index (χ4n) is 2.96. The summed E-state index contributed by atoms with van der Waals surface area (Å²) < 4.78 is 0. The van der Waals surface area contributed by atoms with Gasteiger partial charge in [-0.25, -0.2) is 9.97 Å². The normalized spacial score (nSPS) is 10.8. The lowest BCUT2D eigenvalue weighted by molar-refractivity contribution is 1.01. The fourth-order valence-corrected chi connectivity index (χ4v) is 3.09. The summed E-state index contributed by atoms with van der Waals surface area (Å²) in [6, 6.07) is 24.0. The summed E-state index contributed by atoms with van der Waals surface area (Å²) in [5.74, 6) is 1.44. The average Bonchev–Trinajstić information content (AvgIpc) is 2.71. The van der Waals surface area contributed by atoms with Crippen molar-refractivity contribution in [3.05, 3.63) is 88.9 Å². The molecule has 0 saturated heterocycles. The molecule has 28 heavy (non-hydrogen) atoms. The summed E-state index contributed by atoms with van der Waals surface area (Å²) in [5.41, 5.74) is 5.19. The molecule has 0 amide bonds. The van der Waals surface area contributed by atoms with Crippen molar-refractivity contribution < 1.29 is 0 Å². The quantitative estimate of drug-likeness (QED) is 0.426. The van der Waals surface area contributed by atoms with Gasteiger partial charge in [0, 0.05) is 17.3 Å². The molecular weight excluding hydrogens is 368 g/mol. The van der Waals surface area contributed by atoms with Gasteiger partial charge in [-0.05, 0) is 55.3 Å². The van der Waals surface area contributed by atoms with Crippen LogP contribution < -0.4 is 10.6 Å². The van der Waals surface area contributed by atoms with Crippen molar-refractivity contribution in [1.82, 2.24) is 9.97 Å². The molecule has 0 spiro atoms. The number of hydrogen-bond acceptors (Lipinski definition) is 4. The topological polar surface area (TPSA) is 49.8 Å². The number of fused-ring (bicyclic) bond motifs is 1. The number of nitrogens with zero attached hydrogens (tertiary/aromatic N) is 2. The van der Waals surface area contributed by atoms with E-state index in [9.17, 15) is 0 Å². The first-order valence-corrected chi connectivity index (χ1v) is 9.64. The summed E-state index contributed by atoms with van der Waals surface area (Å²) in [5, 5.41) is 7.49. The number of benzene rings is 3. The van der Waals surface area contributed by atoms with Crippen molar-refractivity contribution in [1.29, 1.82) is 0 Å². The highest BCUT2D eigenvalue weighted by Gasteiger charge is 2.09. The lowest BCUT2D eigenvalue weighted by Gasteiger charge is -2.13. The van der Waals surface area contributed by atoms with Crippen LogP contribution in [0.1, 0.15) is 11.1 Å². The van der Waals surface area contributed by atoms with Crippen LogP contribution in [0.25, 0.3) is 11.0 Å².